The second-order valence-electron chi connectivity index (χ2n) is 13.1. The largest absolute Gasteiger partial charge is 0.309 e. The standard InChI is InChI=1S/C48H35N5.C2H6/c1-3-39-41-28-34-31-46-42(40-22-14-15-23-44(40)52(46)36-20-12-7-13-21-36)29-35(34)30-45(41)51(43(39)4-2)37-24-26-38(27-25-37)53(47(49)32-16-8-5-9-17-32)48(50)33-18-10-6-11-19-33;1-2/h3-31,49-50H,1-2H2;1-2H3. The van der Waals surface area contributed by atoms with Gasteiger partial charge in [0.2, 0.25) is 0 Å². The number of fused-ring (bicyclic) bond motifs is 5. The number of amidine groups is 2. The van der Waals surface area contributed by atoms with Crippen LogP contribution in [0, 0.1) is 10.8 Å². The van der Waals surface area contributed by atoms with Crippen LogP contribution in [0.25, 0.3) is 67.0 Å². The first kappa shape index (κ1) is 34.8. The molecule has 0 spiro atoms. The minimum Gasteiger partial charge on any atom is -0.309 e. The predicted molar refractivity (Wildman–Crippen MR) is 236 cm³/mol. The lowest BCUT2D eigenvalue weighted by molar-refractivity contribution is 1.11. The molecule has 2 heterocycles. The molecule has 0 radical (unpaired) electrons. The number of benzene rings is 7. The molecule has 0 fully saturated rings. The molecular weight excluding hydrogens is 671 g/mol. The van der Waals surface area contributed by atoms with Gasteiger partial charge in [0.25, 0.3) is 0 Å². The highest BCUT2D eigenvalue weighted by atomic mass is 15.2. The number of nitrogens with one attached hydrogen (secondary N) is 2. The highest BCUT2D eigenvalue weighted by molar-refractivity contribution is 6.27. The van der Waals surface area contributed by atoms with E-state index in [1.165, 1.54) is 16.3 Å². The van der Waals surface area contributed by atoms with Crippen LogP contribution in [0.5, 0.6) is 0 Å². The topological polar surface area (TPSA) is 60.8 Å². The molecule has 55 heavy (non-hydrogen) atoms. The van der Waals surface area contributed by atoms with Gasteiger partial charge in [-0.1, -0.05) is 130 Å². The van der Waals surface area contributed by atoms with E-state index in [0.29, 0.717) is 0 Å². The minimum atomic E-state index is 0.228. The van der Waals surface area contributed by atoms with Crippen LogP contribution in [-0.4, -0.2) is 20.8 Å². The summed E-state index contributed by atoms with van der Waals surface area (Å²) in [7, 11) is 0. The Balaban J connectivity index is 0.00000210. The van der Waals surface area contributed by atoms with Crippen molar-refractivity contribution < 1.29 is 0 Å². The smallest absolute Gasteiger partial charge is 0.138 e. The molecule has 0 saturated carbocycles. The van der Waals surface area contributed by atoms with Gasteiger partial charge in [0.05, 0.1) is 22.2 Å². The summed E-state index contributed by atoms with van der Waals surface area (Å²) < 4.78 is 4.58. The summed E-state index contributed by atoms with van der Waals surface area (Å²) in [5, 5.41) is 24.2. The Morgan fingerprint density at radius 3 is 1.55 bits per heavy atom. The maximum Gasteiger partial charge on any atom is 0.138 e. The van der Waals surface area contributed by atoms with E-state index in [0.717, 1.165) is 66.6 Å². The van der Waals surface area contributed by atoms with Crippen molar-refractivity contribution in [1.29, 1.82) is 10.8 Å². The van der Waals surface area contributed by atoms with Crippen LogP contribution in [0.2, 0.25) is 0 Å². The zero-order valence-corrected chi connectivity index (χ0v) is 31.0. The van der Waals surface area contributed by atoms with Gasteiger partial charge in [0.1, 0.15) is 11.7 Å². The molecule has 2 N–H and O–H groups in total. The van der Waals surface area contributed by atoms with Crippen molar-refractivity contribution in [2.45, 2.75) is 13.8 Å². The van der Waals surface area contributed by atoms with Crippen molar-refractivity contribution in [2.75, 3.05) is 4.90 Å². The molecule has 9 aromatic rings. The van der Waals surface area contributed by atoms with Crippen LogP contribution < -0.4 is 4.90 Å². The Morgan fingerprint density at radius 2 is 0.982 bits per heavy atom. The maximum absolute atomic E-state index is 9.21. The zero-order chi connectivity index (χ0) is 38.1. The highest BCUT2D eigenvalue weighted by Gasteiger charge is 2.22. The maximum atomic E-state index is 9.21. The molecule has 2 aromatic heterocycles. The van der Waals surface area contributed by atoms with Crippen molar-refractivity contribution in [3.8, 4) is 11.4 Å². The first-order valence-corrected chi connectivity index (χ1v) is 18.6. The summed E-state index contributed by atoms with van der Waals surface area (Å²) in [6.07, 6.45) is 3.81. The lowest BCUT2D eigenvalue weighted by atomic mass is 10.0. The number of hydrogen-bond acceptors (Lipinski definition) is 2. The van der Waals surface area contributed by atoms with Gasteiger partial charge in [-0.3, -0.25) is 15.7 Å². The third-order valence-corrected chi connectivity index (χ3v) is 10.1. The number of rotatable bonds is 7. The van der Waals surface area contributed by atoms with E-state index in [1.807, 2.05) is 98.8 Å². The van der Waals surface area contributed by atoms with Crippen molar-refractivity contribution in [3.05, 3.63) is 199 Å². The van der Waals surface area contributed by atoms with Crippen LogP contribution in [0.3, 0.4) is 0 Å². The van der Waals surface area contributed by atoms with Gasteiger partial charge in [0.15, 0.2) is 0 Å². The van der Waals surface area contributed by atoms with Crippen molar-refractivity contribution in [3.63, 3.8) is 0 Å². The number of anilines is 1. The van der Waals surface area contributed by atoms with E-state index in [4.69, 9.17) is 0 Å². The van der Waals surface area contributed by atoms with E-state index < -0.39 is 0 Å². The zero-order valence-electron chi connectivity index (χ0n) is 31.0. The molecule has 0 saturated heterocycles. The molecule has 0 aliphatic carbocycles. The summed E-state index contributed by atoms with van der Waals surface area (Å²) in [6.45, 7) is 12.5. The average Bonchev–Trinajstić information content (AvgIpc) is 3.74. The summed E-state index contributed by atoms with van der Waals surface area (Å²) in [5.41, 5.74) is 9.61. The number of hydrogen-bond donors (Lipinski definition) is 2. The van der Waals surface area contributed by atoms with Gasteiger partial charge in [-0.15, -0.1) is 0 Å². The van der Waals surface area contributed by atoms with E-state index in [-0.39, 0.29) is 11.7 Å². The SMILES string of the molecule is C=Cc1c(C=C)n(-c2ccc(N(C(=N)c3ccccc3)C(=N)c3ccccc3)cc2)c2cc3cc4c5ccccc5n(-c5ccccc5)c4cc3cc12.CC. The first-order chi connectivity index (χ1) is 27.1. The third-order valence-electron chi connectivity index (χ3n) is 10.1. The molecule has 0 unspecified atom stereocenters. The Bertz CT molecular complexity index is 2830. The third kappa shape index (κ3) is 5.92. The second kappa shape index (κ2) is 14.6. The van der Waals surface area contributed by atoms with E-state index in [1.54, 1.807) is 4.90 Å². The van der Waals surface area contributed by atoms with Crippen molar-refractivity contribution in [2.24, 2.45) is 0 Å². The van der Waals surface area contributed by atoms with E-state index in [2.05, 4.69) is 113 Å². The molecule has 0 aliphatic heterocycles. The summed E-state index contributed by atoms with van der Waals surface area (Å²) in [5.74, 6) is 0.455. The predicted octanol–water partition coefficient (Wildman–Crippen LogP) is 13.1. The summed E-state index contributed by atoms with van der Waals surface area (Å²) in [4.78, 5) is 1.69. The van der Waals surface area contributed by atoms with Gasteiger partial charge in [-0.25, -0.2) is 0 Å². The normalized spacial score (nSPS) is 11.0. The van der Waals surface area contributed by atoms with Crippen LogP contribution in [0.4, 0.5) is 5.69 Å². The quantitative estimate of drug-likeness (QED) is 0.125. The Labute approximate surface area is 321 Å². The molecule has 266 valence electrons. The van der Waals surface area contributed by atoms with Crippen LogP contribution in [-0.2, 0) is 0 Å². The first-order valence-electron chi connectivity index (χ1n) is 18.6. The van der Waals surface area contributed by atoms with Gasteiger partial charge in [0, 0.05) is 49.9 Å². The minimum absolute atomic E-state index is 0.228. The summed E-state index contributed by atoms with van der Waals surface area (Å²) >= 11 is 0. The number of para-hydroxylation sites is 2. The van der Waals surface area contributed by atoms with Gasteiger partial charge < -0.3 is 9.13 Å². The monoisotopic (exact) mass is 711 g/mol. The summed E-state index contributed by atoms with van der Waals surface area (Å²) in [6, 6.07) is 55.5. The Morgan fingerprint density at radius 1 is 0.491 bits per heavy atom. The molecule has 0 bridgehead atoms. The number of nitrogens with zero attached hydrogens (tertiary/aromatic N) is 3. The second-order valence-corrected chi connectivity index (χ2v) is 13.1. The molecule has 0 amide bonds. The highest BCUT2D eigenvalue weighted by Crippen LogP contribution is 2.39. The van der Waals surface area contributed by atoms with Crippen molar-refractivity contribution in [1.82, 2.24) is 9.13 Å². The fourth-order valence-corrected chi connectivity index (χ4v) is 7.66. The number of aromatic nitrogens is 2. The molecule has 5 heteroatoms. The van der Waals surface area contributed by atoms with Crippen LogP contribution in [0.15, 0.2) is 177 Å². The van der Waals surface area contributed by atoms with Gasteiger partial charge in [-0.05, 0) is 83.6 Å². The van der Waals surface area contributed by atoms with Gasteiger partial charge in [-0.2, -0.15) is 0 Å². The fourth-order valence-electron chi connectivity index (χ4n) is 7.66. The molecular formula is C50H41N5. The molecule has 0 atom stereocenters. The van der Waals surface area contributed by atoms with Crippen LogP contribution >= 0.6 is 0 Å². The van der Waals surface area contributed by atoms with Crippen molar-refractivity contribution >= 4 is 73.0 Å². The fraction of sp³-hybridized carbons (Fsp3) is 0.0400. The molecule has 5 nitrogen and oxygen atoms in total. The molecule has 0 aliphatic rings. The Hall–Kier alpha value is -7.24. The molecule has 7 aromatic carbocycles. The Kier molecular flexibility index (Phi) is 9.27. The van der Waals surface area contributed by atoms with E-state index in [9.17, 15) is 10.8 Å². The lowest BCUT2D eigenvalue weighted by Gasteiger charge is -2.26. The molecule has 9 rings (SSSR count). The van der Waals surface area contributed by atoms with Gasteiger partial charge >= 0.3 is 0 Å². The van der Waals surface area contributed by atoms with Crippen LogP contribution in [0.1, 0.15) is 36.2 Å². The average molecular weight is 712 g/mol. The lowest BCUT2D eigenvalue weighted by Crippen LogP contribution is -2.37. The van der Waals surface area contributed by atoms with E-state index >= 15 is 0 Å².